The molecule has 0 saturated carbocycles. The van der Waals surface area contributed by atoms with Crippen molar-refractivity contribution < 1.29 is 0 Å². The molecule has 4 heteroatoms. The molecule has 3 nitrogen and oxygen atoms in total. The summed E-state index contributed by atoms with van der Waals surface area (Å²) in [6.45, 7) is 5.06. The predicted molar refractivity (Wildman–Crippen MR) is 75.5 cm³/mol. The SMILES string of the molecule is CC(C)CC(CN)Nc1nccc2sccc12. The zero-order chi connectivity index (χ0) is 12.3. The van der Waals surface area contributed by atoms with Gasteiger partial charge in [0.25, 0.3) is 0 Å². The number of nitrogens with one attached hydrogen (secondary N) is 1. The average molecular weight is 249 g/mol. The standard InChI is InChI=1S/C13H19N3S/c1-9(2)7-10(8-14)16-13-11-4-6-17-12(11)3-5-15-13/h3-6,9-10H,7-8,14H2,1-2H3,(H,15,16). The Kier molecular flexibility index (Phi) is 3.97. The van der Waals surface area contributed by atoms with Crippen molar-refractivity contribution in [3.63, 3.8) is 0 Å². The molecule has 0 amide bonds. The maximum Gasteiger partial charge on any atom is 0.134 e. The van der Waals surface area contributed by atoms with Gasteiger partial charge in [-0.05, 0) is 29.9 Å². The van der Waals surface area contributed by atoms with E-state index in [1.165, 1.54) is 10.1 Å². The second-order valence-corrected chi connectivity index (χ2v) is 5.65. The van der Waals surface area contributed by atoms with Crippen molar-refractivity contribution in [1.82, 2.24) is 4.98 Å². The molecule has 92 valence electrons. The van der Waals surface area contributed by atoms with Gasteiger partial charge in [0, 0.05) is 28.9 Å². The number of nitrogens with two attached hydrogens (primary N) is 1. The third-order valence-electron chi connectivity index (χ3n) is 2.76. The number of anilines is 1. The molecule has 1 unspecified atom stereocenters. The molecule has 0 fully saturated rings. The molecule has 0 saturated heterocycles. The highest BCUT2D eigenvalue weighted by Crippen LogP contribution is 2.26. The van der Waals surface area contributed by atoms with E-state index < -0.39 is 0 Å². The Morgan fingerprint density at radius 2 is 2.24 bits per heavy atom. The first-order valence-electron chi connectivity index (χ1n) is 5.99. The first kappa shape index (κ1) is 12.3. The highest BCUT2D eigenvalue weighted by Gasteiger charge is 2.11. The molecule has 17 heavy (non-hydrogen) atoms. The van der Waals surface area contributed by atoms with E-state index >= 15 is 0 Å². The van der Waals surface area contributed by atoms with Gasteiger partial charge >= 0.3 is 0 Å². The van der Waals surface area contributed by atoms with Crippen LogP contribution in [0.15, 0.2) is 23.7 Å². The third kappa shape index (κ3) is 2.96. The van der Waals surface area contributed by atoms with Crippen molar-refractivity contribution in [2.45, 2.75) is 26.3 Å². The Bertz CT molecular complexity index is 478. The molecule has 0 radical (unpaired) electrons. The van der Waals surface area contributed by atoms with Crippen molar-refractivity contribution >= 4 is 27.2 Å². The normalized spacial score (nSPS) is 13.2. The van der Waals surface area contributed by atoms with Gasteiger partial charge in [-0.15, -0.1) is 11.3 Å². The molecule has 0 bridgehead atoms. The smallest absolute Gasteiger partial charge is 0.134 e. The topological polar surface area (TPSA) is 50.9 Å². The number of hydrogen-bond acceptors (Lipinski definition) is 4. The number of pyridine rings is 1. The lowest BCUT2D eigenvalue weighted by Crippen LogP contribution is -2.30. The summed E-state index contributed by atoms with van der Waals surface area (Å²) < 4.78 is 1.27. The number of hydrogen-bond donors (Lipinski definition) is 2. The van der Waals surface area contributed by atoms with Gasteiger partial charge in [0.2, 0.25) is 0 Å². The van der Waals surface area contributed by atoms with Gasteiger partial charge in [0.1, 0.15) is 5.82 Å². The Hall–Kier alpha value is -1.13. The van der Waals surface area contributed by atoms with Gasteiger partial charge in [0.15, 0.2) is 0 Å². The van der Waals surface area contributed by atoms with E-state index in [9.17, 15) is 0 Å². The van der Waals surface area contributed by atoms with Crippen molar-refractivity contribution in [2.75, 3.05) is 11.9 Å². The minimum Gasteiger partial charge on any atom is -0.366 e. The van der Waals surface area contributed by atoms with Gasteiger partial charge in [-0.1, -0.05) is 13.8 Å². The van der Waals surface area contributed by atoms with E-state index in [0.717, 1.165) is 12.2 Å². The fourth-order valence-electron chi connectivity index (χ4n) is 1.99. The molecule has 0 aliphatic carbocycles. The summed E-state index contributed by atoms with van der Waals surface area (Å²) in [5.41, 5.74) is 5.80. The van der Waals surface area contributed by atoms with Crippen molar-refractivity contribution in [3.05, 3.63) is 23.7 Å². The van der Waals surface area contributed by atoms with E-state index in [4.69, 9.17) is 5.73 Å². The van der Waals surface area contributed by atoms with Crippen LogP contribution in [0, 0.1) is 5.92 Å². The largest absolute Gasteiger partial charge is 0.366 e. The average Bonchev–Trinajstić information content (AvgIpc) is 2.76. The van der Waals surface area contributed by atoms with Gasteiger partial charge in [-0.25, -0.2) is 4.98 Å². The number of thiophene rings is 1. The molecule has 2 aromatic rings. The molecular formula is C13H19N3S. The Morgan fingerprint density at radius 1 is 1.41 bits per heavy atom. The van der Waals surface area contributed by atoms with Crippen molar-refractivity contribution in [3.8, 4) is 0 Å². The fraction of sp³-hybridized carbons (Fsp3) is 0.462. The molecule has 0 spiro atoms. The molecule has 2 rings (SSSR count). The van der Waals surface area contributed by atoms with Crippen LogP contribution in [-0.2, 0) is 0 Å². The quantitative estimate of drug-likeness (QED) is 0.856. The van der Waals surface area contributed by atoms with E-state index in [1.807, 2.05) is 12.3 Å². The van der Waals surface area contributed by atoms with Crippen molar-refractivity contribution in [2.24, 2.45) is 11.7 Å². The molecule has 1 atom stereocenters. The van der Waals surface area contributed by atoms with Crippen LogP contribution in [0.25, 0.3) is 10.1 Å². The monoisotopic (exact) mass is 249 g/mol. The third-order valence-corrected chi connectivity index (χ3v) is 3.64. The van der Waals surface area contributed by atoms with E-state index in [0.29, 0.717) is 18.5 Å². The van der Waals surface area contributed by atoms with E-state index in [1.54, 1.807) is 11.3 Å². The molecule has 0 aromatic carbocycles. The Morgan fingerprint density at radius 3 is 2.94 bits per heavy atom. The molecule has 3 N–H and O–H groups in total. The summed E-state index contributed by atoms with van der Waals surface area (Å²) >= 11 is 1.74. The van der Waals surface area contributed by atoms with Crippen LogP contribution >= 0.6 is 11.3 Å². The van der Waals surface area contributed by atoms with Crippen LogP contribution in [0.4, 0.5) is 5.82 Å². The zero-order valence-electron chi connectivity index (χ0n) is 10.3. The number of aromatic nitrogens is 1. The molecular weight excluding hydrogens is 230 g/mol. The molecule has 0 aliphatic heterocycles. The molecule has 0 aliphatic rings. The van der Waals surface area contributed by atoms with Crippen molar-refractivity contribution in [1.29, 1.82) is 0 Å². The van der Waals surface area contributed by atoms with Crippen LogP contribution in [0.1, 0.15) is 20.3 Å². The summed E-state index contributed by atoms with van der Waals surface area (Å²) in [6.07, 6.45) is 2.92. The Labute approximate surface area is 106 Å². The minimum atomic E-state index is 0.299. The van der Waals surface area contributed by atoms with Gasteiger partial charge < -0.3 is 11.1 Å². The molecule has 2 aromatic heterocycles. The van der Waals surface area contributed by atoms with Gasteiger partial charge in [-0.3, -0.25) is 0 Å². The highest BCUT2D eigenvalue weighted by atomic mass is 32.1. The fourth-order valence-corrected chi connectivity index (χ4v) is 2.77. The first-order valence-corrected chi connectivity index (χ1v) is 6.87. The lowest BCUT2D eigenvalue weighted by molar-refractivity contribution is 0.521. The lowest BCUT2D eigenvalue weighted by atomic mass is 10.0. The van der Waals surface area contributed by atoms with E-state index in [2.05, 4.69) is 35.6 Å². The maximum atomic E-state index is 5.80. The Balaban J connectivity index is 2.19. The van der Waals surface area contributed by atoms with Crippen LogP contribution in [-0.4, -0.2) is 17.6 Å². The lowest BCUT2D eigenvalue weighted by Gasteiger charge is -2.19. The summed E-state index contributed by atoms with van der Waals surface area (Å²) in [5.74, 6) is 1.59. The second-order valence-electron chi connectivity index (χ2n) is 4.70. The minimum absolute atomic E-state index is 0.299. The van der Waals surface area contributed by atoms with Gasteiger partial charge in [-0.2, -0.15) is 0 Å². The second kappa shape index (κ2) is 5.47. The summed E-state index contributed by atoms with van der Waals surface area (Å²) in [5, 5.41) is 6.75. The summed E-state index contributed by atoms with van der Waals surface area (Å²) in [4.78, 5) is 4.41. The maximum absolute atomic E-state index is 5.80. The number of nitrogens with zero attached hydrogens (tertiary/aromatic N) is 1. The van der Waals surface area contributed by atoms with Crippen LogP contribution in [0.5, 0.6) is 0 Å². The zero-order valence-corrected chi connectivity index (χ0v) is 11.1. The van der Waals surface area contributed by atoms with Crippen LogP contribution in [0.3, 0.4) is 0 Å². The van der Waals surface area contributed by atoms with Crippen LogP contribution in [0.2, 0.25) is 0 Å². The molecule has 2 heterocycles. The number of rotatable bonds is 5. The predicted octanol–water partition coefficient (Wildman–Crippen LogP) is 3.08. The number of fused-ring (bicyclic) bond motifs is 1. The summed E-state index contributed by atoms with van der Waals surface area (Å²) in [7, 11) is 0. The highest BCUT2D eigenvalue weighted by molar-refractivity contribution is 7.17. The summed E-state index contributed by atoms with van der Waals surface area (Å²) in [6, 6.07) is 4.46. The van der Waals surface area contributed by atoms with Gasteiger partial charge in [0.05, 0.1) is 0 Å². The van der Waals surface area contributed by atoms with Crippen LogP contribution < -0.4 is 11.1 Å². The van der Waals surface area contributed by atoms with E-state index in [-0.39, 0.29) is 0 Å². The first-order chi connectivity index (χ1) is 8.20.